The van der Waals surface area contributed by atoms with Crippen LogP contribution in [0.4, 0.5) is 5.13 Å². The molecular weight excluding hydrogens is 432 g/mol. The predicted molar refractivity (Wildman–Crippen MR) is 124 cm³/mol. The maximum absolute atomic E-state index is 11.5. The van der Waals surface area contributed by atoms with E-state index < -0.39 is 0 Å². The third kappa shape index (κ3) is 7.77. The zero-order chi connectivity index (χ0) is 22.6. The van der Waals surface area contributed by atoms with E-state index >= 15 is 0 Å². The average Bonchev–Trinajstić information content (AvgIpc) is 3.23. The number of rotatable bonds is 12. The second-order valence-electron chi connectivity index (χ2n) is 6.94. The largest absolute Gasteiger partial charge is 0.490 e. The summed E-state index contributed by atoms with van der Waals surface area (Å²) in [7, 11) is 0. The maximum Gasteiger partial charge on any atom is 0.311 e. The molecule has 32 heavy (non-hydrogen) atoms. The van der Waals surface area contributed by atoms with E-state index in [9.17, 15) is 4.79 Å². The summed E-state index contributed by atoms with van der Waals surface area (Å²) in [6.07, 6.45) is 1.84. The maximum atomic E-state index is 11.5. The number of thiazole rings is 1. The SMILES string of the molecule is CCOC(=O)Cc1csc(NN=Cc2ccc(OCCN3CCOCC3)c(OCC)c2)n1. The number of hydrogen-bond acceptors (Lipinski definition) is 10. The van der Waals surface area contributed by atoms with Gasteiger partial charge < -0.3 is 18.9 Å². The Kier molecular flexibility index (Phi) is 9.73. The van der Waals surface area contributed by atoms with Crippen molar-refractivity contribution in [3.8, 4) is 11.5 Å². The van der Waals surface area contributed by atoms with E-state index in [1.165, 1.54) is 11.3 Å². The molecule has 0 spiro atoms. The standard InChI is InChI=1S/C22H30N4O5S/c1-3-29-20-13-17(5-6-19(20)31-12-9-26-7-10-28-11-8-26)15-23-25-22-24-18(16-32-22)14-21(27)30-4-2/h5-6,13,15-16H,3-4,7-12,14H2,1-2H3,(H,24,25). The molecule has 0 bridgehead atoms. The van der Waals surface area contributed by atoms with Crippen LogP contribution < -0.4 is 14.9 Å². The number of carbonyl (C=O) groups excluding carboxylic acids is 1. The normalized spacial score (nSPS) is 14.4. The minimum Gasteiger partial charge on any atom is -0.490 e. The number of anilines is 1. The Hall–Kier alpha value is -2.69. The van der Waals surface area contributed by atoms with Crippen LogP contribution >= 0.6 is 11.3 Å². The molecule has 1 fully saturated rings. The first-order valence-electron chi connectivity index (χ1n) is 10.8. The second-order valence-corrected chi connectivity index (χ2v) is 7.80. The molecule has 0 atom stereocenters. The van der Waals surface area contributed by atoms with E-state index in [1.807, 2.05) is 30.5 Å². The highest BCUT2D eigenvalue weighted by Gasteiger charge is 2.12. The quantitative estimate of drug-likeness (QED) is 0.292. The van der Waals surface area contributed by atoms with Crippen LogP contribution in [-0.2, 0) is 20.7 Å². The first-order chi connectivity index (χ1) is 15.7. The van der Waals surface area contributed by atoms with Gasteiger partial charge in [0.25, 0.3) is 0 Å². The van der Waals surface area contributed by atoms with E-state index in [-0.39, 0.29) is 12.4 Å². The van der Waals surface area contributed by atoms with Crippen molar-refractivity contribution in [2.45, 2.75) is 20.3 Å². The Labute approximate surface area is 192 Å². The zero-order valence-corrected chi connectivity index (χ0v) is 19.4. The van der Waals surface area contributed by atoms with Crippen LogP contribution in [0.15, 0.2) is 28.7 Å². The van der Waals surface area contributed by atoms with Gasteiger partial charge in [-0.25, -0.2) is 4.98 Å². The number of hydrazone groups is 1. The van der Waals surface area contributed by atoms with Gasteiger partial charge in [0.05, 0.1) is 44.8 Å². The lowest BCUT2D eigenvalue weighted by molar-refractivity contribution is -0.142. The van der Waals surface area contributed by atoms with Crippen molar-refractivity contribution in [3.63, 3.8) is 0 Å². The predicted octanol–water partition coefficient (Wildman–Crippen LogP) is 2.80. The molecule has 0 radical (unpaired) electrons. The Morgan fingerprint density at radius 2 is 2.09 bits per heavy atom. The van der Waals surface area contributed by atoms with Crippen molar-refractivity contribution >= 4 is 28.7 Å². The summed E-state index contributed by atoms with van der Waals surface area (Å²) in [5, 5.41) is 6.65. The third-order valence-electron chi connectivity index (χ3n) is 4.59. The fourth-order valence-corrected chi connectivity index (χ4v) is 3.72. The lowest BCUT2D eigenvalue weighted by atomic mass is 10.2. The van der Waals surface area contributed by atoms with Crippen molar-refractivity contribution in [3.05, 3.63) is 34.8 Å². The number of esters is 1. The van der Waals surface area contributed by atoms with Crippen molar-refractivity contribution < 1.29 is 23.7 Å². The molecule has 1 aliphatic heterocycles. The lowest BCUT2D eigenvalue weighted by Crippen LogP contribution is -2.38. The van der Waals surface area contributed by atoms with Crippen LogP contribution in [0.2, 0.25) is 0 Å². The van der Waals surface area contributed by atoms with E-state index in [4.69, 9.17) is 18.9 Å². The van der Waals surface area contributed by atoms with Gasteiger partial charge in [-0.2, -0.15) is 5.10 Å². The number of benzene rings is 1. The number of carbonyl (C=O) groups is 1. The molecule has 1 saturated heterocycles. The smallest absolute Gasteiger partial charge is 0.311 e. The molecule has 1 N–H and O–H groups in total. The zero-order valence-electron chi connectivity index (χ0n) is 18.5. The summed E-state index contributed by atoms with van der Waals surface area (Å²) in [6.45, 7) is 9.50. The van der Waals surface area contributed by atoms with Gasteiger partial charge in [0.2, 0.25) is 5.13 Å². The number of nitrogens with zero attached hydrogens (tertiary/aromatic N) is 3. The molecule has 1 aliphatic rings. The van der Waals surface area contributed by atoms with Crippen molar-refractivity contribution in [1.82, 2.24) is 9.88 Å². The summed E-state index contributed by atoms with van der Waals surface area (Å²) in [5.74, 6) is 1.11. The Morgan fingerprint density at radius 3 is 2.88 bits per heavy atom. The number of nitrogens with one attached hydrogen (secondary N) is 1. The van der Waals surface area contributed by atoms with Crippen molar-refractivity contribution in [2.75, 3.05) is 58.1 Å². The van der Waals surface area contributed by atoms with E-state index in [2.05, 4.69) is 20.4 Å². The average molecular weight is 463 g/mol. The summed E-state index contributed by atoms with van der Waals surface area (Å²) >= 11 is 1.38. The van der Waals surface area contributed by atoms with Gasteiger partial charge in [0.15, 0.2) is 11.5 Å². The van der Waals surface area contributed by atoms with Gasteiger partial charge in [0, 0.05) is 25.0 Å². The summed E-state index contributed by atoms with van der Waals surface area (Å²) < 4.78 is 22.0. The van der Waals surface area contributed by atoms with Crippen LogP contribution in [0.25, 0.3) is 0 Å². The molecule has 9 nitrogen and oxygen atoms in total. The number of aromatic nitrogens is 1. The van der Waals surface area contributed by atoms with Gasteiger partial charge in [-0.05, 0) is 37.6 Å². The highest BCUT2D eigenvalue weighted by Crippen LogP contribution is 2.28. The molecule has 0 unspecified atom stereocenters. The van der Waals surface area contributed by atoms with Crippen LogP contribution in [0.1, 0.15) is 25.1 Å². The van der Waals surface area contributed by atoms with E-state index in [0.29, 0.717) is 42.1 Å². The van der Waals surface area contributed by atoms with Gasteiger partial charge in [-0.15, -0.1) is 11.3 Å². The molecule has 1 aromatic carbocycles. The van der Waals surface area contributed by atoms with Crippen LogP contribution in [0.5, 0.6) is 11.5 Å². The van der Waals surface area contributed by atoms with E-state index in [0.717, 1.165) is 38.4 Å². The van der Waals surface area contributed by atoms with Gasteiger partial charge >= 0.3 is 5.97 Å². The monoisotopic (exact) mass is 462 g/mol. The Morgan fingerprint density at radius 1 is 1.25 bits per heavy atom. The molecule has 1 aromatic heterocycles. The number of hydrogen-bond donors (Lipinski definition) is 1. The molecule has 3 rings (SSSR count). The molecule has 2 aromatic rings. The lowest BCUT2D eigenvalue weighted by Gasteiger charge is -2.26. The van der Waals surface area contributed by atoms with Crippen LogP contribution in [0.3, 0.4) is 0 Å². The first-order valence-corrected chi connectivity index (χ1v) is 11.6. The number of morpholine rings is 1. The Balaban J connectivity index is 1.52. The number of ether oxygens (including phenoxy) is 4. The second kappa shape index (κ2) is 13.0. The topological polar surface area (TPSA) is 94.5 Å². The molecule has 0 saturated carbocycles. The van der Waals surface area contributed by atoms with Gasteiger partial charge in [-0.1, -0.05) is 0 Å². The minimum atomic E-state index is -0.288. The van der Waals surface area contributed by atoms with Gasteiger partial charge in [-0.3, -0.25) is 15.1 Å². The highest BCUT2D eigenvalue weighted by molar-refractivity contribution is 7.13. The van der Waals surface area contributed by atoms with Crippen LogP contribution in [-0.4, -0.2) is 74.7 Å². The first kappa shape index (κ1) is 24.0. The summed E-state index contributed by atoms with van der Waals surface area (Å²) in [6, 6.07) is 5.71. The Bertz CT molecular complexity index is 883. The van der Waals surface area contributed by atoms with Crippen molar-refractivity contribution in [2.24, 2.45) is 5.10 Å². The third-order valence-corrected chi connectivity index (χ3v) is 5.39. The fourth-order valence-electron chi connectivity index (χ4n) is 3.06. The molecular formula is C22H30N4O5S. The van der Waals surface area contributed by atoms with Crippen LogP contribution in [0, 0.1) is 0 Å². The van der Waals surface area contributed by atoms with E-state index in [1.54, 1.807) is 13.1 Å². The summed E-state index contributed by atoms with van der Waals surface area (Å²) in [4.78, 5) is 18.2. The minimum absolute atomic E-state index is 0.153. The molecule has 10 heteroatoms. The van der Waals surface area contributed by atoms with Gasteiger partial charge in [0.1, 0.15) is 6.61 Å². The summed E-state index contributed by atoms with van der Waals surface area (Å²) in [5.41, 5.74) is 4.41. The van der Waals surface area contributed by atoms with Crippen molar-refractivity contribution in [1.29, 1.82) is 0 Å². The molecule has 174 valence electrons. The fraction of sp³-hybridized carbons (Fsp3) is 0.500. The molecule has 2 heterocycles. The molecule has 0 amide bonds. The highest BCUT2D eigenvalue weighted by atomic mass is 32.1. The molecule has 0 aliphatic carbocycles.